The SMILES string of the molecule is c1cc(-c2cccc3ccccc23)cc(N(c2ccccc2-c2cccc3oc4c5ccccc5ccc4c23)c2cccc3sc4ccccc4c23)c1. The Labute approximate surface area is 310 Å². The van der Waals surface area contributed by atoms with Crippen LogP contribution in [0.2, 0.25) is 0 Å². The quantitative estimate of drug-likeness (QED) is 0.178. The van der Waals surface area contributed by atoms with Crippen LogP contribution in [0.3, 0.4) is 0 Å². The summed E-state index contributed by atoms with van der Waals surface area (Å²) in [5.74, 6) is 0. The van der Waals surface area contributed by atoms with Crippen LogP contribution in [0.4, 0.5) is 17.1 Å². The Morgan fingerprint density at radius 2 is 1.04 bits per heavy atom. The van der Waals surface area contributed by atoms with Gasteiger partial charge in [0.05, 0.1) is 11.4 Å². The molecule has 0 amide bonds. The molecule has 0 unspecified atom stereocenters. The van der Waals surface area contributed by atoms with Gasteiger partial charge in [0.15, 0.2) is 0 Å². The van der Waals surface area contributed by atoms with E-state index in [-0.39, 0.29) is 0 Å². The molecule has 2 aromatic heterocycles. The Morgan fingerprint density at radius 3 is 1.96 bits per heavy atom. The molecule has 0 fully saturated rings. The Balaban J connectivity index is 1.20. The van der Waals surface area contributed by atoms with Crippen molar-refractivity contribution in [2.45, 2.75) is 0 Å². The third kappa shape index (κ3) is 4.71. The molecule has 0 aliphatic heterocycles. The van der Waals surface area contributed by atoms with Gasteiger partial charge in [0.25, 0.3) is 0 Å². The van der Waals surface area contributed by atoms with Gasteiger partial charge in [-0.15, -0.1) is 11.3 Å². The summed E-state index contributed by atoms with van der Waals surface area (Å²) >= 11 is 1.85. The molecule has 0 N–H and O–H groups in total. The third-order valence-corrected chi connectivity index (χ3v) is 11.8. The molecule has 0 aliphatic rings. The zero-order valence-electron chi connectivity index (χ0n) is 28.7. The molecule has 0 radical (unpaired) electrons. The summed E-state index contributed by atoms with van der Waals surface area (Å²) in [6.07, 6.45) is 0. The Bertz CT molecular complexity index is 3200. The van der Waals surface area contributed by atoms with Gasteiger partial charge in [-0.25, -0.2) is 0 Å². The monoisotopic (exact) mass is 693 g/mol. The van der Waals surface area contributed by atoms with Crippen molar-refractivity contribution in [2.24, 2.45) is 0 Å². The van der Waals surface area contributed by atoms with Crippen LogP contribution in [0.5, 0.6) is 0 Å². The predicted octanol–water partition coefficient (Wildman–Crippen LogP) is 15.1. The molecule has 11 rings (SSSR count). The smallest absolute Gasteiger partial charge is 0.143 e. The molecule has 0 saturated carbocycles. The van der Waals surface area contributed by atoms with E-state index in [0.29, 0.717) is 0 Å². The van der Waals surface area contributed by atoms with Crippen molar-refractivity contribution in [2.75, 3.05) is 4.90 Å². The number of hydrogen-bond donors (Lipinski definition) is 0. The summed E-state index contributed by atoms with van der Waals surface area (Å²) in [6, 6.07) is 68.0. The fourth-order valence-corrected chi connectivity index (χ4v) is 9.44. The highest BCUT2D eigenvalue weighted by Crippen LogP contribution is 2.49. The lowest BCUT2D eigenvalue weighted by Gasteiger charge is -2.29. The average molecular weight is 694 g/mol. The minimum Gasteiger partial charge on any atom is -0.455 e. The van der Waals surface area contributed by atoms with E-state index in [1.165, 1.54) is 47.5 Å². The summed E-state index contributed by atoms with van der Waals surface area (Å²) < 4.78 is 9.24. The van der Waals surface area contributed by atoms with Gasteiger partial charge in [0.2, 0.25) is 0 Å². The minimum absolute atomic E-state index is 0.888. The van der Waals surface area contributed by atoms with E-state index in [2.05, 4.69) is 193 Å². The van der Waals surface area contributed by atoms with Crippen LogP contribution in [0, 0.1) is 0 Å². The van der Waals surface area contributed by atoms with Gasteiger partial charge in [0, 0.05) is 47.6 Å². The standard InChI is InChI=1S/C50H31NOS/c1-3-18-36-32(13-1)15-10-22-37(36)34-16-9-17-35(31-34)51(44-25-12-28-47-49(44)41-21-6-8-27-46(41)53-47)43-24-7-5-20-39(43)40-23-11-26-45-48(40)42-30-29-33-14-2-4-19-38(33)50(42)52-45/h1-31H. The molecule has 2 heterocycles. The van der Waals surface area contributed by atoms with Crippen molar-refractivity contribution in [3.05, 3.63) is 188 Å². The lowest BCUT2D eigenvalue weighted by atomic mass is 9.95. The number of furan rings is 1. The van der Waals surface area contributed by atoms with Crippen molar-refractivity contribution < 1.29 is 4.42 Å². The molecule has 2 nitrogen and oxygen atoms in total. The molecule has 9 aromatic carbocycles. The molecule has 0 saturated heterocycles. The van der Waals surface area contributed by atoms with Gasteiger partial charge in [-0.2, -0.15) is 0 Å². The maximum absolute atomic E-state index is 6.68. The van der Waals surface area contributed by atoms with Crippen LogP contribution in [0.1, 0.15) is 0 Å². The highest BCUT2D eigenvalue weighted by atomic mass is 32.1. The summed E-state index contributed by atoms with van der Waals surface area (Å²) in [7, 11) is 0. The Hall–Kier alpha value is -6.68. The zero-order chi connectivity index (χ0) is 34.9. The number of para-hydroxylation sites is 1. The fourth-order valence-electron chi connectivity index (χ4n) is 8.31. The number of fused-ring (bicyclic) bond motifs is 9. The number of thiophene rings is 1. The summed E-state index contributed by atoms with van der Waals surface area (Å²) in [4.78, 5) is 2.47. The predicted molar refractivity (Wildman–Crippen MR) is 227 cm³/mol. The second kappa shape index (κ2) is 11.9. The highest BCUT2D eigenvalue weighted by Gasteiger charge is 2.23. The van der Waals surface area contributed by atoms with Crippen LogP contribution in [0.25, 0.3) is 85.9 Å². The van der Waals surface area contributed by atoms with E-state index in [1.54, 1.807) is 0 Å². The van der Waals surface area contributed by atoms with Crippen LogP contribution in [-0.4, -0.2) is 0 Å². The number of hydrogen-bond acceptors (Lipinski definition) is 3. The van der Waals surface area contributed by atoms with Crippen molar-refractivity contribution in [3.8, 4) is 22.3 Å². The van der Waals surface area contributed by atoms with E-state index in [1.807, 2.05) is 11.3 Å². The van der Waals surface area contributed by atoms with Gasteiger partial charge in [-0.3, -0.25) is 0 Å². The molecule has 11 aromatic rings. The average Bonchev–Trinajstić information content (AvgIpc) is 3.81. The first-order valence-corrected chi connectivity index (χ1v) is 18.8. The molecule has 53 heavy (non-hydrogen) atoms. The van der Waals surface area contributed by atoms with Gasteiger partial charge in [-0.05, 0) is 81.4 Å². The molecule has 0 bridgehead atoms. The van der Waals surface area contributed by atoms with Crippen molar-refractivity contribution in [1.82, 2.24) is 0 Å². The number of anilines is 3. The summed E-state index contributed by atoms with van der Waals surface area (Å²) in [5, 5.41) is 9.57. The van der Waals surface area contributed by atoms with Crippen LogP contribution >= 0.6 is 11.3 Å². The second-order valence-electron chi connectivity index (χ2n) is 13.6. The maximum atomic E-state index is 6.68. The Kier molecular flexibility index (Phi) is 6.76. The highest BCUT2D eigenvalue weighted by molar-refractivity contribution is 7.26. The lowest BCUT2D eigenvalue weighted by Crippen LogP contribution is -2.11. The number of rotatable bonds is 5. The van der Waals surface area contributed by atoms with E-state index >= 15 is 0 Å². The van der Waals surface area contributed by atoms with Gasteiger partial charge in [-0.1, -0.05) is 140 Å². The van der Waals surface area contributed by atoms with Gasteiger partial charge >= 0.3 is 0 Å². The molecule has 0 spiro atoms. The number of nitrogens with zero attached hydrogens (tertiary/aromatic N) is 1. The normalized spacial score (nSPS) is 11.8. The van der Waals surface area contributed by atoms with Crippen LogP contribution in [-0.2, 0) is 0 Å². The van der Waals surface area contributed by atoms with E-state index in [0.717, 1.165) is 55.5 Å². The largest absolute Gasteiger partial charge is 0.455 e. The van der Waals surface area contributed by atoms with Crippen molar-refractivity contribution in [3.63, 3.8) is 0 Å². The molecule has 0 aliphatic carbocycles. The van der Waals surface area contributed by atoms with Crippen molar-refractivity contribution in [1.29, 1.82) is 0 Å². The van der Waals surface area contributed by atoms with E-state index < -0.39 is 0 Å². The summed E-state index contributed by atoms with van der Waals surface area (Å²) in [5.41, 5.74) is 9.85. The first kappa shape index (κ1) is 30.0. The van der Waals surface area contributed by atoms with Crippen LogP contribution in [0.15, 0.2) is 192 Å². The van der Waals surface area contributed by atoms with E-state index in [9.17, 15) is 0 Å². The minimum atomic E-state index is 0.888. The van der Waals surface area contributed by atoms with Crippen molar-refractivity contribution >= 4 is 92.1 Å². The van der Waals surface area contributed by atoms with Gasteiger partial charge in [0.1, 0.15) is 11.2 Å². The first-order chi connectivity index (χ1) is 26.3. The number of benzene rings is 9. The molecule has 248 valence electrons. The van der Waals surface area contributed by atoms with E-state index in [4.69, 9.17) is 4.42 Å². The van der Waals surface area contributed by atoms with Crippen LogP contribution < -0.4 is 4.90 Å². The lowest BCUT2D eigenvalue weighted by molar-refractivity contribution is 0.673. The molecule has 0 atom stereocenters. The Morgan fingerprint density at radius 1 is 0.396 bits per heavy atom. The van der Waals surface area contributed by atoms with Gasteiger partial charge < -0.3 is 9.32 Å². The maximum Gasteiger partial charge on any atom is 0.143 e. The first-order valence-electron chi connectivity index (χ1n) is 18.0. The third-order valence-electron chi connectivity index (χ3n) is 10.6. The summed E-state index contributed by atoms with van der Waals surface area (Å²) in [6.45, 7) is 0. The second-order valence-corrected chi connectivity index (χ2v) is 14.7. The zero-order valence-corrected chi connectivity index (χ0v) is 29.5. The fraction of sp³-hybridized carbons (Fsp3) is 0. The molecule has 3 heteroatoms. The topological polar surface area (TPSA) is 16.4 Å². The molecular formula is C50H31NOS. The molecular weight excluding hydrogens is 663 g/mol.